The maximum Gasteiger partial charge on any atom is 0.0932 e. The maximum absolute atomic E-state index is 10.2. The molecule has 1 aliphatic rings. The van der Waals surface area contributed by atoms with Crippen molar-refractivity contribution in [3.05, 3.63) is 21.3 Å². The fourth-order valence-electron chi connectivity index (χ4n) is 2.49. The first-order valence-corrected chi connectivity index (χ1v) is 6.79. The van der Waals surface area contributed by atoms with Gasteiger partial charge >= 0.3 is 0 Å². The van der Waals surface area contributed by atoms with Crippen LogP contribution in [0.25, 0.3) is 0 Å². The Morgan fingerprint density at radius 3 is 2.87 bits per heavy atom. The second kappa shape index (κ2) is 4.86. The van der Waals surface area contributed by atoms with Crippen LogP contribution >= 0.6 is 22.9 Å². The number of hydrogen-bond donors (Lipinski definition) is 1. The number of halogens is 1. The molecular formula is C12H17ClOS. The lowest BCUT2D eigenvalue weighted by molar-refractivity contribution is 0.0742. The van der Waals surface area contributed by atoms with Crippen LogP contribution in [0.4, 0.5) is 0 Å². The average Bonchev–Trinajstić information content (AvgIpc) is 2.64. The van der Waals surface area contributed by atoms with Crippen molar-refractivity contribution in [2.24, 2.45) is 11.8 Å². The van der Waals surface area contributed by atoms with E-state index in [2.05, 4.69) is 6.92 Å². The van der Waals surface area contributed by atoms with Crippen molar-refractivity contribution in [3.63, 3.8) is 0 Å². The molecule has 1 aromatic heterocycles. The molecular weight excluding hydrogens is 228 g/mol. The van der Waals surface area contributed by atoms with Gasteiger partial charge in [-0.05, 0) is 36.8 Å². The van der Waals surface area contributed by atoms with Crippen molar-refractivity contribution in [2.75, 3.05) is 0 Å². The Morgan fingerprint density at radius 2 is 2.27 bits per heavy atom. The lowest BCUT2D eigenvalue weighted by Crippen LogP contribution is -2.19. The molecule has 2 rings (SSSR count). The lowest BCUT2D eigenvalue weighted by Gasteiger charge is -2.29. The fourth-order valence-corrected chi connectivity index (χ4v) is 3.63. The second-order valence-electron chi connectivity index (χ2n) is 4.62. The molecule has 0 saturated heterocycles. The maximum atomic E-state index is 10.2. The highest BCUT2D eigenvalue weighted by Crippen LogP contribution is 2.39. The highest BCUT2D eigenvalue weighted by atomic mass is 35.5. The molecule has 15 heavy (non-hydrogen) atoms. The molecule has 0 aromatic carbocycles. The Morgan fingerprint density at radius 1 is 1.47 bits per heavy atom. The molecule has 0 aliphatic heterocycles. The van der Waals surface area contributed by atoms with E-state index in [0.29, 0.717) is 5.92 Å². The summed E-state index contributed by atoms with van der Waals surface area (Å²) in [6.07, 6.45) is 4.57. The minimum absolute atomic E-state index is 0.301. The second-order valence-corrected chi connectivity index (χ2v) is 6.37. The quantitative estimate of drug-likeness (QED) is 0.824. The van der Waals surface area contributed by atoms with E-state index in [1.807, 2.05) is 12.1 Å². The van der Waals surface area contributed by atoms with Crippen LogP contribution in [0.2, 0.25) is 4.34 Å². The molecule has 1 N–H and O–H groups in total. The van der Waals surface area contributed by atoms with Gasteiger partial charge in [0.15, 0.2) is 0 Å². The Bertz CT molecular complexity index is 323. The minimum Gasteiger partial charge on any atom is -0.387 e. The zero-order valence-corrected chi connectivity index (χ0v) is 10.5. The predicted octanol–water partition coefficient (Wildman–Crippen LogP) is 4.26. The monoisotopic (exact) mass is 244 g/mol. The van der Waals surface area contributed by atoms with Crippen molar-refractivity contribution in [2.45, 2.75) is 38.7 Å². The third kappa shape index (κ3) is 2.74. The summed E-state index contributed by atoms with van der Waals surface area (Å²) in [6, 6.07) is 3.83. The van der Waals surface area contributed by atoms with E-state index in [9.17, 15) is 5.11 Å². The summed E-state index contributed by atoms with van der Waals surface area (Å²) >= 11 is 7.39. The largest absolute Gasteiger partial charge is 0.387 e. The molecule has 3 heteroatoms. The minimum atomic E-state index is -0.301. The van der Waals surface area contributed by atoms with Gasteiger partial charge in [-0.25, -0.2) is 0 Å². The van der Waals surface area contributed by atoms with E-state index in [-0.39, 0.29) is 6.10 Å². The first-order chi connectivity index (χ1) is 7.16. The number of hydrogen-bond acceptors (Lipinski definition) is 2. The zero-order chi connectivity index (χ0) is 10.8. The topological polar surface area (TPSA) is 20.2 Å². The normalized spacial score (nSPS) is 29.0. The van der Waals surface area contributed by atoms with E-state index in [1.165, 1.54) is 24.2 Å². The summed E-state index contributed by atoms with van der Waals surface area (Å²) in [7, 11) is 0. The molecule has 1 aliphatic carbocycles. The summed E-state index contributed by atoms with van der Waals surface area (Å²) in [5, 5.41) is 10.2. The Hall–Kier alpha value is -0.0500. The van der Waals surface area contributed by atoms with Gasteiger partial charge < -0.3 is 5.11 Å². The van der Waals surface area contributed by atoms with Crippen molar-refractivity contribution in [1.82, 2.24) is 0 Å². The Balaban J connectivity index is 2.03. The average molecular weight is 245 g/mol. The van der Waals surface area contributed by atoms with Crippen LogP contribution in [0.1, 0.15) is 43.6 Å². The molecule has 1 saturated carbocycles. The number of rotatable bonds is 2. The van der Waals surface area contributed by atoms with Gasteiger partial charge in [0, 0.05) is 4.88 Å². The SMILES string of the molecule is CC1CCCC(C(O)c2ccc(Cl)s2)C1. The fraction of sp³-hybridized carbons (Fsp3) is 0.667. The molecule has 3 unspecified atom stereocenters. The van der Waals surface area contributed by atoms with Crippen LogP contribution in [0.5, 0.6) is 0 Å². The number of aliphatic hydroxyl groups excluding tert-OH is 1. The third-order valence-corrected chi connectivity index (χ3v) is 4.61. The van der Waals surface area contributed by atoms with Gasteiger partial charge in [0.1, 0.15) is 0 Å². The van der Waals surface area contributed by atoms with Crippen molar-refractivity contribution < 1.29 is 5.11 Å². The van der Waals surface area contributed by atoms with E-state index in [1.54, 1.807) is 0 Å². The summed E-state index contributed by atoms with van der Waals surface area (Å²) in [6.45, 7) is 2.28. The van der Waals surface area contributed by atoms with Crippen LogP contribution < -0.4 is 0 Å². The van der Waals surface area contributed by atoms with Gasteiger partial charge in [-0.1, -0.05) is 31.4 Å². The van der Waals surface area contributed by atoms with Gasteiger partial charge in [0.25, 0.3) is 0 Å². The van der Waals surface area contributed by atoms with Crippen molar-refractivity contribution in [1.29, 1.82) is 0 Å². The molecule has 0 amide bonds. The van der Waals surface area contributed by atoms with Gasteiger partial charge in [-0.15, -0.1) is 11.3 Å². The summed E-state index contributed by atoms with van der Waals surface area (Å²) in [4.78, 5) is 1.03. The number of thiophene rings is 1. The van der Waals surface area contributed by atoms with Crippen LogP contribution in [0.15, 0.2) is 12.1 Å². The standard InChI is InChI=1S/C12H17ClOS/c1-8-3-2-4-9(7-8)12(14)10-5-6-11(13)15-10/h5-6,8-9,12,14H,2-4,7H2,1H3. The van der Waals surface area contributed by atoms with Gasteiger partial charge in [-0.3, -0.25) is 0 Å². The van der Waals surface area contributed by atoms with Crippen molar-refractivity contribution >= 4 is 22.9 Å². The molecule has 0 spiro atoms. The van der Waals surface area contributed by atoms with E-state index < -0.39 is 0 Å². The summed E-state index contributed by atoms with van der Waals surface area (Å²) in [5.41, 5.74) is 0. The molecule has 84 valence electrons. The summed E-state index contributed by atoms with van der Waals surface area (Å²) in [5.74, 6) is 1.19. The Kier molecular flexibility index (Phi) is 3.70. The molecule has 1 nitrogen and oxygen atoms in total. The van der Waals surface area contributed by atoms with Crippen molar-refractivity contribution in [3.8, 4) is 0 Å². The highest BCUT2D eigenvalue weighted by Gasteiger charge is 2.27. The van der Waals surface area contributed by atoms with Crippen LogP contribution in [0.3, 0.4) is 0 Å². The lowest BCUT2D eigenvalue weighted by atomic mass is 9.79. The Labute approximate surface area is 100 Å². The molecule has 0 radical (unpaired) electrons. The molecule has 1 aromatic rings. The zero-order valence-electron chi connectivity index (χ0n) is 8.95. The highest BCUT2D eigenvalue weighted by molar-refractivity contribution is 7.16. The van der Waals surface area contributed by atoms with Crippen LogP contribution in [-0.2, 0) is 0 Å². The predicted molar refractivity (Wildman–Crippen MR) is 65.4 cm³/mol. The van der Waals surface area contributed by atoms with E-state index in [0.717, 1.165) is 28.0 Å². The molecule has 1 heterocycles. The number of aliphatic hydroxyl groups is 1. The van der Waals surface area contributed by atoms with Gasteiger partial charge in [0.05, 0.1) is 10.4 Å². The van der Waals surface area contributed by atoms with Crippen LogP contribution in [0, 0.1) is 11.8 Å². The first kappa shape index (κ1) is 11.4. The van der Waals surface area contributed by atoms with Gasteiger partial charge in [0.2, 0.25) is 0 Å². The first-order valence-electron chi connectivity index (χ1n) is 5.60. The molecule has 0 bridgehead atoms. The van der Waals surface area contributed by atoms with E-state index in [4.69, 9.17) is 11.6 Å². The van der Waals surface area contributed by atoms with E-state index >= 15 is 0 Å². The van der Waals surface area contributed by atoms with Crippen LogP contribution in [-0.4, -0.2) is 5.11 Å². The summed E-state index contributed by atoms with van der Waals surface area (Å²) < 4.78 is 0.771. The smallest absolute Gasteiger partial charge is 0.0932 e. The van der Waals surface area contributed by atoms with Gasteiger partial charge in [-0.2, -0.15) is 0 Å². The molecule has 1 fully saturated rings. The third-order valence-electron chi connectivity index (χ3n) is 3.31. The molecule has 3 atom stereocenters.